The number of benzene rings is 1. The van der Waals surface area contributed by atoms with Crippen LogP contribution < -0.4 is 5.69 Å². The summed E-state index contributed by atoms with van der Waals surface area (Å²) in [7, 11) is 1.75. The van der Waals surface area contributed by atoms with Crippen molar-refractivity contribution in [3.8, 4) is 6.07 Å². The molecule has 1 heterocycles. The SMILES string of the molecule is Cn1c(=O)n(C2CC2)c2ccc(C#N)cc21. The smallest absolute Gasteiger partial charge is 0.295 e. The fourth-order valence-corrected chi connectivity index (χ4v) is 2.12. The van der Waals surface area contributed by atoms with Gasteiger partial charge in [-0.25, -0.2) is 4.79 Å². The molecule has 1 aromatic heterocycles. The van der Waals surface area contributed by atoms with Crippen LogP contribution in [-0.4, -0.2) is 9.13 Å². The van der Waals surface area contributed by atoms with E-state index >= 15 is 0 Å². The van der Waals surface area contributed by atoms with Gasteiger partial charge in [-0.2, -0.15) is 5.26 Å². The summed E-state index contributed by atoms with van der Waals surface area (Å²) in [6.45, 7) is 0. The molecule has 0 bridgehead atoms. The zero-order valence-electron chi connectivity index (χ0n) is 8.97. The highest BCUT2D eigenvalue weighted by atomic mass is 16.1. The second-order valence-corrected chi connectivity index (χ2v) is 4.26. The van der Waals surface area contributed by atoms with Gasteiger partial charge in [-0.3, -0.25) is 9.13 Å². The number of hydrogen-bond donors (Lipinski definition) is 0. The minimum atomic E-state index is 0.0209. The van der Waals surface area contributed by atoms with Crippen LogP contribution in [0.3, 0.4) is 0 Å². The number of imidazole rings is 1. The van der Waals surface area contributed by atoms with Crippen molar-refractivity contribution < 1.29 is 0 Å². The molecule has 1 aromatic carbocycles. The van der Waals surface area contributed by atoms with E-state index in [0.29, 0.717) is 11.6 Å². The van der Waals surface area contributed by atoms with Gasteiger partial charge in [0.05, 0.1) is 22.7 Å². The van der Waals surface area contributed by atoms with E-state index in [4.69, 9.17) is 5.26 Å². The Bertz CT molecular complexity index is 668. The molecule has 2 aromatic rings. The average molecular weight is 213 g/mol. The maximum Gasteiger partial charge on any atom is 0.329 e. The lowest BCUT2D eigenvalue weighted by atomic mass is 10.2. The van der Waals surface area contributed by atoms with Crippen molar-refractivity contribution in [3.05, 3.63) is 34.2 Å². The van der Waals surface area contributed by atoms with Crippen LogP contribution in [0.5, 0.6) is 0 Å². The topological polar surface area (TPSA) is 50.7 Å². The van der Waals surface area contributed by atoms with Gasteiger partial charge in [-0.15, -0.1) is 0 Å². The van der Waals surface area contributed by atoms with Crippen LogP contribution >= 0.6 is 0 Å². The molecule has 0 atom stereocenters. The van der Waals surface area contributed by atoms with E-state index in [9.17, 15) is 4.79 Å². The summed E-state index contributed by atoms with van der Waals surface area (Å²) in [5.74, 6) is 0. The molecule has 0 spiro atoms. The summed E-state index contributed by atoms with van der Waals surface area (Å²) < 4.78 is 3.46. The Morgan fingerprint density at radius 2 is 2.12 bits per heavy atom. The molecule has 80 valence electrons. The molecule has 1 fully saturated rings. The highest BCUT2D eigenvalue weighted by Gasteiger charge is 2.28. The lowest BCUT2D eigenvalue weighted by Crippen LogP contribution is -2.21. The standard InChI is InChI=1S/C12H11N3O/c1-14-11-6-8(7-13)2-5-10(11)15(12(14)16)9-3-4-9/h2,5-6,9H,3-4H2,1H3. The molecule has 0 aliphatic heterocycles. The Labute approximate surface area is 92.3 Å². The van der Waals surface area contributed by atoms with Gasteiger partial charge >= 0.3 is 5.69 Å². The lowest BCUT2D eigenvalue weighted by molar-refractivity contribution is 0.696. The number of aryl methyl sites for hydroxylation is 1. The Kier molecular flexibility index (Phi) is 1.72. The van der Waals surface area contributed by atoms with Crippen LogP contribution in [0.15, 0.2) is 23.0 Å². The predicted octanol–water partition coefficient (Wildman–Crippen LogP) is 1.55. The van der Waals surface area contributed by atoms with Gasteiger partial charge in [-0.05, 0) is 31.0 Å². The molecule has 0 saturated heterocycles. The molecule has 0 N–H and O–H groups in total. The number of aromatic nitrogens is 2. The van der Waals surface area contributed by atoms with Gasteiger partial charge in [0.1, 0.15) is 0 Å². The summed E-state index contributed by atoms with van der Waals surface area (Å²) in [6, 6.07) is 7.87. The predicted molar refractivity (Wildman–Crippen MR) is 60.2 cm³/mol. The zero-order chi connectivity index (χ0) is 11.3. The Balaban J connectivity index is 2.41. The minimum Gasteiger partial charge on any atom is -0.295 e. The highest BCUT2D eigenvalue weighted by molar-refractivity contribution is 5.78. The largest absolute Gasteiger partial charge is 0.329 e. The van der Waals surface area contributed by atoms with Gasteiger partial charge in [-0.1, -0.05) is 0 Å². The second kappa shape index (κ2) is 2.99. The zero-order valence-corrected chi connectivity index (χ0v) is 8.97. The maximum absolute atomic E-state index is 12.0. The van der Waals surface area contributed by atoms with E-state index in [1.165, 1.54) is 0 Å². The lowest BCUT2D eigenvalue weighted by Gasteiger charge is -1.98. The van der Waals surface area contributed by atoms with E-state index < -0.39 is 0 Å². The molecule has 0 amide bonds. The molecule has 4 nitrogen and oxygen atoms in total. The summed E-state index contributed by atoms with van der Waals surface area (Å²) in [4.78, 5) is 12.0. The quantitative estimate of drug-likeness (QED) is 0.721. The van der Waals surface area contributed by atoms with Crippen molar-refractivity contribution in [2.24, 2.45) is 7.05 Å². The van der Waals surface area contributed by atoms with E-state index in [-0.39, 0.29) is 5.69 Å². The van der Waals surface area contributed by atoms with Gasteiger partial charge in [0, 0.05) is 13.1 Å². The molecule has 1 aliphatic carbocycles. The summed E-state index contributed by atoms with van der Waals surface area (Å²) in [6.07, 6.45) is 2.16. The van der Waals surface area contributed by atoms with Gasteiger partial charge in [0.2, 0.25) is 0 Å². The van der Waals surface area contributed by atoms with Crippen LogP contribution in [0, 0.1) is 11.3 Å². The van der Waals surface area contributed by atoms with Crippen molar-refractivity contribution in [1.82, 2.24) is 9.13 Å². The van der Waals surface area contributed by atoms with Crippen molar-refractivity contribution in [2.75, 3.05) is 0 Å². The molecule has 1 saturated carbocycles. The van der Waals surface area contributed by atoms with Crippen LogP contribution in [0.25, 0.3) is 11.0 Å². The molecular weight excluding hydrogens is 202 g/mol. The second-order valence-electron chi connectivity index (χ2n) is 4.26. The average Bonchev–Trinajstić information content (AvgIpc) is 3.09. The van der Waals surface area contributed by atoms with E-state index in [2.05, 4.69) is 6.07 Å². The maximum atomic E-state index is 12.0. The van der Waals surface area contributed by atoms with Gasteiger partial charge < -0.3 is 0 Å². The summed E-state index contributed by atoms with van der Waals surface area (Å²) >= 11 is 0. The van der Waals surface area contributed by atoms with Crippen molar-refractivity contribution in [1.29, 1.82) is 5.26 Å². The van der Waals surface area contributed by atoms with Gasteiger partial charge in [0.25, 0.3) is 0 Å². The van der Waals surface area contributed by atoms with Gasteiger partial charge in [0.15, 0.2) is 0 Å². The third-order valence-electron chi connectivity index (χ3n) is 3.13. The number of fused-ring (bicyclic) bond motifs is 1. The Morgan fingerprint density at radius 1 is 1.38 bits per heavy atom. The number of hydrogen-bond acceptors (Lipinski definition) is 2. The molecule has 0 unspecified atom stereocenters. The first-order valence-electron chi connectivity index (χ1n) is 5.33. The molecule has 3 rings (SSSR count). The molecule has 1 aliphatic rings. The first kappa shape index (κ1) is 9.22. The van der Waals surface area contributed by atoms with E-state index in [0.717, 1.165) is 23.9 Å². The fourth-order valence-electron chi connectivity index (χ4n) is 2.12. The van der Waals surface area contributed by atoms with Crippen molar-refractivity contribution in [2.45, 2.75) is 18.9 Å². The number of nitrogens with zero attached hydrogens (tertiary/aromatic N) is 3. The van der Waals surface area contributed by atoms with Crippen LogP contribution in [-0.2, 0) is 7.05 Å². The van der Waals surface area contributed by atoms with Crippen LogP contribution in [0.1, 0.15) is 24.4 Å². The molecule has 4 heteroatoms. The van der Waals surface area contributed by atoms with Crippen molar-refractivity contribution in [3.63, 3.8) is 0 Å². The summed E-state index contributed by atoms with van der Waals surface area (Å²) in [5.41, 5.74) is 2.40. The van der Waals surface area contributed by atoms with Crippen LogP contribution in [0.2, 0.25) is 0 Å². The number of nitriles is 1. The van der Waals surface area contributed by atoms with E-state index in [1.54, 1.807) is 23.7 Å². The normalized spacial score (nSPS) is 15.2. The van der Waals surface area contributed by atoms with Crippen molar-refractivity contribution >= 4 is 11.0 Å². The highest BCUT2D eigenvalue weighted by Crippen LogP contribution is 2.36. The van der Waals surface area contributed by atoms with E-state index in [1.807, 2.05) is 10.6 Å². The number of rotatable bonds is 1. The summed E-state index contributed by atoms with van der Waals surface area (Å²) in [5, 5.41) is 8.84. The van der Waals surface area contributed by atoms with Crippen LogP contribution in [0.4, 0.5) is 0 Å². The molecule has 16 heavy (non-hydrogen) atoms. The Morgan fingerprint density at radius 3 is 2.75 bits per heavy atom. The fraction of sp³-hybridized carbons (Fsp3) is 0.333. The molecule has 0 radical (unpaired) electrons. The third kappa shape index (κ3) is 1.12. The third-order valence-corrected chi connectivity index (χ3v) is 3.13. The minimum absolute atomic E-state index is 0.0209. The first-order valence-corrected chi connectivity index (χ1v) is 5.33. The monoisotopic (exact) mass is 213 g/mol. The first-order chi connectivity index (χ1) is 7.72. The molecular formula is C12H11N3O. The Hall–Kier alpha value is -2.02.